The van der Waals surface area contributed by atoms with Crippen molar-refractivity contribution in [1.29, 1.82) is 0 Å². The molecule has 1 aromatic carbocycles. The van der Waals surface area contributed by atoms with Crippen molar-refractivity contribution in [2.45, 2.75) is 58.5 Å². The van der Waals surface area contributed by atoms with Crippen LogP contribution >= 0.6 is 0 Å². The molecule has 4 heteroatoms. The van der Waals surface area contributed by atoms with E-state index in [1.807, 2.05) is 25.1 Å². The monoisotopic (exact) mass is 325 g/mol. The molecule has 0 atom stereocenters. The summed E-state index contributed by atoms with van der Waals surface area (Å²) in [6, 6.07) is 10.8. The van der Waals surface area contributed by atoms with E-state index in [4.69, 9.17) is 5.73 Å². The molecule has 3 rings (SSSR count). The third-order valence-electron chi connectivity index (χ3n) is 5.14. The minimum atomic E-state index is 0.0309. The normalized spacial score (nSPS) is 20.8. The first-order valence-electron chi connectivity index (χ1n) is 8.78. The van der Waals surface area contributed by atoms with Crippen LogP contribution in [0.2, 0.25) is 0 Å². The second kappa shape index (κ2) is 6.81. The minimum absolute atomic E-state index is 0.0309. The molecular weight excluding hydrogens is 298 g/mol. The molecule has 0 aliphatic heterocycles. The van der Waals surface area contributed by atoms with Crippen molar-refractivity contribution in [3.63, 3.8) is 0 Å². The topological polar surface area (TPSA) is 60.0 Å². The highest BCUT2D eigenvalue weighted by molar-refractivity contribution is 5.96. The summed E-state index contributed by atoms with van der Waals surface area (Å²) >= 11 is 0. The lowest BCUT2D eigenvalue weighted by Crippen LogP contribution is -2.40. The molecule has 1 fully saturated rings. The quantitative estimate of drug-likeness (QED) is 0.908. The number of hydrogen-bond donors (Lipinski definition) is 2. The molecule has 0 radical (unpaired) electrons. The number of hydrogen-bond acceptors (Lipinski definition) is 2. The van der Waals surface area contributed by atoms with Crippen LogP contribution in [0.4, 0.5) is 0 Å². The number of benzene rings is 1. The van der Waals surface area contributed by atoms with Crippen LogP contribution in [0.1, 0.15) is 53.0 Å². The van der Waals surface area contributed by atoms with E-state index in [9.17, 15) is 4.79 Å². The average Bonchev–Trinajstić information content (AvgIpc) is 2.85. The van der Waals surface area contributed by atoms with Crippen molar-refractivity contribution < 1.29 is 4.79 Å². The summed E-state index contributed by atoms with van der Waals surface area (Å²) in [5.41, 5.74) is 11.1. The molecule has 1 aliphatic rings. The predicted octanol–water partition coefficient (Wildman–Crippen LogP) is 3.40. The fraction of sp³-hybridized carbons (Fsp3) is 0.450. The summed E-state index contributed by atoms with van der Waals surface area (Å²) in [5.74, 6) is 0.0309. The van der Waals surface area contributed by atoms with Crippen LogP contribution in [0.3, 0.4) is 0 Å². The van der Waals surface area contributed by atoms with Crippen molar-refractivity contribution in [2.24, 2.45) is 5.73 Å². The van der Waals surface area contributed by atoms with Gasteiger partial charge in [0.2, 0.25) is 0 Å². The fourth-order valence-electron chi connectivity index (χ4n) is 3.70. The lowest BCUT2D eigenvalue weighted by atomic mass is 9.91. The Kier molecular flexibility index (Phi) is 4.76. The van der Waals surface area contributed by atoms with Gasteiger partial charge in [-0.25, -0.2) is 0 Å². The van der Waals surface area contributed by atoms with Crippen molar-refractivity contribution in [3.05, 3.63) is 52.8 Å². The molecule has 1 heterocycles. The van der Waals surface area contributed by atoms with E-state index in [0.29, 0.717) is 6.04 Å². The average molecular weight is 325 g/mol. The van der Waals surface area contributed by atoms with Gasteiger partial charge in [0, 0.05) is 29.2 Å². The minimum Gasteiger partial charge on any atom is -0.349 e. The van der Waals surface area contributed by atoms with E-state index in [-0.39, 0.29) is 11.9 Å². The van der Waals surface area contributed by atoms with Gasteiger partial charge < -0.3 is 15.6 Å². The highest BCUT2D eigenvalue weighted by atomic mass is 16.1. The Bertz CT molecular complexity index is 739. The maximum Gasteiger partial charge on any atom is 0.253 e. The molecule has 0 spiro atoms. The van der Waals surface area contributed by atoms with Gasteiger partial charge in [-0.1, -0.05) is 18.2 Å². The van der Waals surface area contributed by atoms with Crippen LogP contribution in [-0.2, 0) is 0 Å². The molecule has 1 aromatic heterocycles. The van der Waals surface area contributed by atoms with Gasteiger partial charge in [-0.15, -0.1) is 0 Å². The second-order valence-corrected chi connectivity index (χ2v) is 6.99. The summed E-state index contributed by atoms with van der Waals surface area (Å²) in [7, 11) is 0. The van der Waals surface area contributed by atoms with Gasteiger partial charge in [0.05, 0.1) is 5.56 Å². The maximum atomic E-state index is 12.7. The highest BCUT2D eigenvalue weighted by Gasteiger charge is 2.23. The molecule has 1 amide bonds. The summed E-state index contributed by atoms with van der Waals surface area (Å²) in [6.07, 6.45) is 3.94. The zero-order valence-electron chi connectivity index (χ0n) is 14.8. The van der Waals surface area contributed by atoms with E-state index in [2.05, 4.69) is 35.9 Å². The molecule has 2 aromatic rings. The number of carbonyl (C=O) groups is 1. The first-order valence-corrected chi connectivity index (χ1v) is 8.78. The largest absolute Gasteiger partial charge is 0.349 e. The third-order valence-corrected chi connectivity index (χ3v) is 5.14. The molecule has 1 aliphatic carbocycles. The SMILES string of the molecule is Cc1ccccc1-n1c(C)cc(C(=O)NC2CCC(N)CC2)c1C. The Morgan fingerprint density at radius 3 is 2.46 bits per heavy atom. The molecule has 3 N–H and O–H groups in total. The summed E-state index contributed by atoms with van der Waals surface area (Å²) < 4.78 is 2.17. The van der Waals surface area contributed by atoms with Crippen LogP contribution in [0.5, 0.6) is 0 Å². The van der Waals surface area contributed by atoms with Crippen molar-refractivity contribution in [3.8, 4) is 5.69 Å². The maximum absolute atomic E-state index is 12.7. The Balaban J connectivity index is 1.84. The molecule has 0 bridgehead atoms. The van der Waals surface area contributed by atoms with Gasteiger partial charge in [0.15, 0.2) is 0 Å². The van der Waals surface area contributed by atoms with Crippen LogP contribution in [0.25, 0.3) is 5.69 Å². The lowest BCUT2D eigenvalue weighted by molar-refractivity contribution is 0.0925. The highest BCUT2D eigenvalue weighted by Crippen LogP contribution is 2.24. The van der Waals surface area contributed by atoms with Crippen molar-refractivity contribution >= 4 is 5.91 Å². The van der Waals surface area contributed by atoms with Crippen molar-refractivity contribution in [1.82, 2.24) is 9.88 Å². The van der Waals surface area contributed by atoms with Crippen molar-refractivity contribution in [2.75, 3.05) is 0 Å². The third kappa shape index (κ3) is 3.24. The molecule has 0 unspecified atom stereocenters. The smallest absolute Gasteiger partial charge is 0.253 e. The Morgan fingerprint density at radius 1 is 1.12 bits per heavy atom. The van der Waals surface area contributed by atoms with Crippen LogP contribution in [0, 0.1) is 20.8 Å². The van der Waals surface area contributed by atoms with Gasteiger partial charge in [0.1, 0.15) is 0 Å². The predicted molar refractivity (Wildman–Crippen MR) is 97.7 cm³/mol. The number of aromatic nitrogens is 1. The number of nitrogens with zero attached hydrogens (tertiary/aromatic N) is 1. The fourth-order valence-corrected chi connectivity index (χ4v) is 3.70. The summed E-state index contributed by atoms with van der Waals surface area (Å²) in [6.45, 7) is 6.17. The standard InChI is InChI=1S/C20H27N3O/c1-13-6-4-5-7-19(13)23-14(2)12-18(15(23)3)20(24)22-17-10-8-16(21)9-11-17/h4-7,12,16-17H,8-11,21H2,1-3H3,(H,22,24). The van der Waals surface area contributed by atoms with Gasteiger partial charge >= 0.3 is 0 Å². The zero-order chi connectivity index (χ0) is 17.3. The van der Waals surface area contributed by atoms with E-state index in [1.54, 1.807) is 0 Å². The van der Waals surface area contributed by atoms with Crippen LogP contribution < -0.4 is 11.1 Å². The molecule has 128 valence electrons. The number of amides is 1. The lowest BCUT2D eigenvalue weighted by Gasteiger charge is -2.26. The Hall–Kier alpha value is -2.07. The Morgan fingerprint density at radius 2 is 1.79 bits per heavy atom. The number of para-hydroxylation sites is 1. The summed E-state index contributed by atoms with van der Waals surface area (Å²) in [5, 5.41) is 3.20. The second-order valence-electron chi connectivity index (χ2n) is 6.99. The summed E-state index contributed by atoms with van der Waals surface area (Å²) in [4.78, 5) is 12.7. The van der Waals surface area contributed by atoms with Crippen LogP contribution in [0.15, 0.2) is 30.3 Å². The van der Waals surface area contributed by atoms with E-state index >= 15 is 0 Å². The molecule has 4 nitrogen and oxygen atoms in total. The van der Waals surface area contributed by atoms with Gasteiger partial charge in [-0.2, -0.15) is 0 Å². The molecule has 1 saturated carbocycles. The number of rotatable bonds is 3. The first kappa shape index (κ1) is 16.8. The zero-order valence-corrected chi connectivity index (χ0v) is 14.8. The van der Waals surface area contributed by atoms with Gasteiger partial charge in [-0.05, 0) is 64.2 Å². The van der Waals surface area contributed by atoms with Crippen LogP contribution in [-0.4, -0.2) is 22.6 Å². The number of aryl methyl sites for hydroxylation is 2. The van der Waals surface area contributed by atoms with Gasteiger partial charge in [0.25, 0.3) is 5.91 Å². The van der Waals surface area contributed by atoms with E-state index < -0.39 is 0 Å². The van der Waals surface area contributed by atoms with E-state index in [1.165, 1.54) is 5.56 Å². The molecular formula is C20H27N3O. The number of nitrogens with two attached hydrogens (primary N) is 1. The van der Waals surface area contributed by atoms with Gasteiger partial charge in [-0.3, -0.25) is 4.79 Å². The molecule has 24 heavy (non-hydrogen) atoms. The number of carbonyl (C=O) groups excluding carboxylic acids is 1. The van der Waals surface area contributed by atoms with E-state index in [0.717, 1.165) is 48.3 Å². The first-order chi connectivity index (χ1) is 11.5. The Labute approximate surface area is 144 Å². The molecule has 0 saturated heterocycles. The number of nitrogens with one attached hydrogen (secondary N) is 1.